The zero-order chi connectivity index (χ0) is 14.6. The van der Waals surface area contributed by atoms with E-state index >= 15 is 0 Å². The molecule has 0 aliphatic rings. The van der Waals surface area contributed by atoms with E-state index < -0.39 is 0 Å². The van der Waals surface area contributed by atoms with Crippen LogP contribution in [0.1, 0.15) is 26.2 Å². The summed E-state index contributed by atoms with van der Waals surface area (Å²) in [4.78, 5) is 0. The van der Waals surface area contributed by atoms with E-state index in [-0.39, 0.29) is 6.61 Å². The fraction of sp³-hybridized carbons (Fsp3) is 0.625. The van der Waals surface area contributed by atoms with Crippen molar-refractivity contribution in [2.75, 3.05) is 33.4 Å². The molecule has 1 atom stereocenters. The summed E-state index contributed by atoms with van der Waals surface area (Å²) in [6.07, 6.45) is 3.18. The van der Waals surface area contributed by atoms with Crippen LogP contribution >= 0.6 is 0 Å². The highest BCUT2D eigenvalue weighted by atomic mass is 16.5. The van der Waals surface area contributed by atoms with Gasteiger partial charge in [-0.15, -0.1) is 0 Å². The zero-order valence-electron chi connectivity index (χ0n) is 12.6. The van der Waals surface area contributed by atoms with Gasteiger partial charge in [0.25, 0.3) is 0 Å². The molecule has 0 bridgehead atoms. The lowest BCUT2D eigenvalue weighted by molar-refractivity contribution is 0.243. The first-order valence-electron chi connectivity index (χ1n) is 7.39. The van der Waals surface area contributed by atoms with Gasteiger partial charge in [-0.3, -0.25) is 0 Å². The van der Waals surface area contributed by atoms with Gasteiger partial charge in [0.15, 0.2) is 11.5 Å². The van der Waals surface area contributed by atoms with Crippen molar-refractivity contribution in [2.24, 2.45) is 5.92 Å². The second kappa shape index (κ2) is 10.5. The number of rotatable bonds is 11. The number of benzene rings is 1. The van der Waals surface area contributed by atoms with Gasteiger partial charge in [-0.1, -0.05) is 25.5 Å². The SMILES string of the molecule is CCCC(CCO)CNCCOc1ccccc1OC. The van der Waals surface area contributed by atoms with Crippen LogP contribution in [0.2, 0.25) is 0 Å². The third-order valence-electron chi connectivity index (χ3n) is 3.27. The molecule has 0 amide bonds. The predicted molar refractivity (Wildman–Crippen MR) is 81.5 cm³/mol. The van der Waals surface area contributed by atoms with Crippen molar-refractivity contribution in [2.45, 2.75) is 26.2 Å². The number of hydrogen-bond donors (Lipinski definition) is 2. The molecule has 1 aromatic rings. The van der Waals surface area contributed by atoms with Crippen molar-refractivity contribution < 1.29 is 14.6 Å². The molecule has 2 N–H and O–H groups in total. The van der Waals surface area contributed by atoms with Crippen LogP contribution in [0.15, 0.2) is 24.3 Å². The van der Waals surface area contributed by atoms with E-state index in [2.05, 4.69) is 12.2 Å². The molecule has 1 rings (SSSR count). The summed E-state index contributed by atoms with van der Waals surface area (Å²) < 4.78 is 10.9. The topological polar surface area (TPSA) is 50.7 Å². The second-order valence-electron chi connectivity index (χ2n) is 4.87. The van der Waals surface area contributed by atoms with E-state index in [0.29, 0.717) is 12.5 Å². The largest absolute Gasteiger partial charge is 0.493 e. The van der Waals surface area contributed by atoms with Crippen LogP contribution in [-0.2, 0) is 0 Å². The van der Waals surface area contributed by atoms with Crippen molar-refractivity contribution in [1.82, 2.24) is 5.32 Å². The first-order chi connectivity index (χ1) is 9.81. The van der Waals surface area contributed by atoms with Gasteiger partial charge in [0.1, 0.15) is 6.61 Å². The van der Waals surface area contributed by atoms with Crippen LogP contribution in [0.25, 0.3) is 0 Å². The Morgan fingerprint density at radius 2 is 1.95 bits per heavy atom. The smallest absolute Gasteiger partial charge is 0.161 e. The number of aliphatic hydroxyl groups is 1. The molecule has 114 valence electrons. The third-order valence-corrected chi connectivity index (χ3v) is 3.27. The molecule has 1 unspecified atom stereocenters. The van der Waals surface area contributed by atoms with E-state index in [9.17, 15) is 0 Å². The number of nitrogens with one attached hydrogen (secondary N) is 1. The molecule has 0 saturated heterocycles. The van der Waals surface area contributed by atoms with Crippen LogP contribution in [-0.4, -0.2) is 38.5 Å². The van der Waals surface area contributed by atoms with Gasteiger partial charge in [0.05, 0.1) is 7.11 Å². The number of ether oxygens (including phenoxy) is 2. The molecule has 0 saturated carbocycles. The molecule has 4 nitrogen and oxygen atoms in total. The minimum atomic E-state index is 0.268. The molecule has 0 radical (unpaired) electrons. The number of methoxy groups -OCH3 is 1. The summed E-state index contributed by atoms with van der Waals surface area (Å²) in [5, 5.41) is 12.4. The Balaban J connectivity index is 2.21. The lowest BCUT2D eigenvalue weighted by Crippen LogP contribution is -2.27. The summed E-state index contributed by atoms with van der Waals surface area (Å²) in [5.74, 6) is 2.09. The van der Waals surface area contributed by atoms with Gasteiger partial charge in [0, 0.05) is 13.2 Å². The molecule has 0 aliphatic carbocycles. The number of hydrogen-bond acceptors (Lipinski definition) is 4. The average molecular weight is 281 g/mol. The first kappa shape index (κ1) is 16.8. The van der Waals surface area contributed by atoms with Crippen molar-refractivity contribution in [3.8, 4) is 11.5 Å². The molecule has 0 aromatic heterocycles. The minimum absolute atomic E-state index is 0.268. The minimum Gasteiger partial charge on any atom is -0.493 e. The molecule has 0 aliphatic heterocycles. The Morgan fingerprint density at radius 3 is 2.60 bits per heavy atom. The molecule has 0 spiro atoms. The Hall–Kier alpha value is -1.26. The molecule has 0 fully saturated rings. The van der Waals surface area contributed by atoms with Crippen LogP contribution < -0.4 is 14.8 Å². The molecular weight excluding hydrogens is 254 g/mol. The summed E-state index contributed by atoms with van der Waals surface area (Å²) in [5.41, 5.74) is 0. The first-order valence-corrected chi connectivity index (χ1v) is 7.39. The summed E-state index contributed by atoms with van der Waals surface area (Å²) in [6, 6.07) is 7.66. The second-order valence-corrected chi connectivity index (χ2v) is 4.87. The summed E-state index contributed by atoms with van der Waals surface area (Å²) in [7, 11) is 1.64. The standard InChI is InChI=1S/C16H27NO3/c1-3-6-14(9-11-18)13-17-10-12-20-16-8-5-4-7-15(16)19-2/h4-5,7-8,14,17-18H,3,6,9-13H2,1-2H3. The van der Waals surface area contributed by atoms with Crippen LogP contribution in [0.3, 0.4) is 0 Å². The Morgan fingerprint density at radius 1 is 1.20 bits per heavy atom. The van der Waals surface area contributed by atoms with Gasteiger partial charge in [-0.05, 0) is 37.4 Å². The monoisotopic (exact) mass is 281 g/mol. The van der Waals surface area contributed by atoms with Crippen molar-refractivity contribution in [3.63, 3.8) is 0 Å². The van der Waals surface area contributed by atoms with E-state index in [0.717, 1.165) is 43.9 Å². The quantitative estimate of drug-likeness (QED) is 0.612. The molecule has 1 aromatic carbocycles. The number of aliphatic hydroxyl groups excluding tert-OH is 1. The van der Waals surface area contributed by atoms with E-state index in [1.165, 1.54) is 0 Å². The number of para-hydroxylation sites is 2. The zero-order valence-corrected chi connectivity index (χ0v) is 12.6. The van der Waals surface area contributed by atoms with Gasteiger partial charge in [-0.25, -0.2) is 0 Å². The fourth-order valence-corrected chi connectivity index (χ4v) is 2.22. The Labute approximate surface area is 122 Å². The summed E-state index contributed by atoms with van der Waals surface area (Å²) in [6.45, 7) is 4.78. The molecule has 4 heteroatoms. The van der Waals surface area contributed by atoms with Gasteiger partial charge < -0.3 is 19.9 Å². The van der Waals surface area contributed by atoms with Crippen molar-refractivity contribution >= 4 is 0 Å². The molecular formula is C16H27NO3. The van der Waals surface area contributed by atoms with Crippen LogP contribution in [0.5, 0.6) is 11.5 Å². The lowest BCUT2D eigenvalue weighted by Gasteiger charge is -2.16. The lowest BCUT2D eigenvalue weighted by atomic mass is 10.0. The highest BCUT2D eigenvalue weighted by Crippen LogP contribution is 2.25. The maximum atomic E-state index is 9.01. The highest BCUT2D eigenvalue weighted by Gasteiger charge is 2.06. The van der Waals surface area contributed by atoms with E-state index in [4.69, 9.17) is 14.6 Å². The predicted octanol–water partition coefficient (Wildman–Crippen LogP) is 2.46. The van der Waals surface area contributed by atoms with Gasteiger partial charge in [-0.2, -0.15) is 0 Å². The maximum Gasteiger partial charge on any atom is 0.161 e. The van der Waals surface area contributed by atoms with Crippen molar-refractivity contribution in [3.05, 3.63) is 24.3 Å². The van der Waals surface area contributed by atoms with E-state index in [1.807, 2.05) is 24.3 Å². The van der Waals surface area contributed by atoms with Crippen LogP contribution in [0, 0.1) is 5.92 Å². The van der Waals surface area contributed by atoms with Crippen LogP contribution in [0.4, 0.5) is 0 Å². The van der Waals surface area contributed by atoms with Crippen molar-refractivity contribution in [1.29, 1.82) is 0 Å². The average Bonchev–Trinajstić information content (AvgIpc) is 2.47. The van der Waals surface area contributed by atoms with Gasteiger partial charge in [0.2, 0.25) is 0 Å². The maximum absolute atomic E-state index is 9.01. The normalized spacial score (nSPS) is 12.2. The highest BCUT2D eigenvalue weighted by molar-refractivity contribution is 5.39. The van der Waals surface area contributed by atoms with Gasteiger partial charge >= 0.3 is 0 Å². The van der Waals surface area contributed by atoms with E-state index in [1.54, 1.807) is 7.11 Å². The Kier molecular flexibility index (Phi) is 8.83. The Bertz CT molecular complexity index is 351. The third kappa shape index (κ3) is 6.26. The summed E-state index contributed by atoms with van der Waals surface area (Å²) >= 11 is 0. The molecule has 20 heavy (non-hydrogen) atoms. The fourth-order valence-electron chi connectivity index (χ4n) is 2.22. The molecule has 0 heterocycles.